The third-order valence-corrected chi connectivity index (χ3v) is 3.14. The second-order valence-corrected chi connectivity index (χ2v) is 4.45. The van der Waals surface area contributed by atoms with E-state index in [0.29, 0.717) is 0 Å². The van der Waals surface area contributed by atoms with Gasteiger partial charge in [0.05, 0.1) is 5.69 Å². The Morgan fingerprint density at radius 3 is 2.88 bits per heavy atom. The molecule has 0 aliphatic rings. The summed E-state index contributed by atoms with van der Waals surface area (Å²) in [6, 6.07) is 2.10. The van der Waals surface area contributed by atoms with Gasteiger partial charge < -0.3 is 5.32 Å². The molecular formula is C13H25N3. The van der Waals surface area contributed by atoms with E-state index in [1.807, 2.05) is 13.2 Å². The number of hydrogen-bond acceptors (Lipinski definition) is 2. The number of rotatable bonds is 8. The lowest BCUT2D eigenvalue weighted by Crippen LogP contribution is -2.17. The molecule has 3 heteroatoms. The molecule has 0 spiro atoms. The fourth-order valence-corrected chi connectivity index (χ4v) is 2.02. The van der Waals surface area contributed by atoms with Crippen LogP contribution in [0.4, 0.5) is 0 Å². The van der Waals surface area contributed by atoms with Crippen molar-refractivity contribution >= 4 is 0 Å². The zero-order valence-corrected chi connectivity index (χ0v) is 10.9. The molecule has 1 atom stereocenters. The van der Waals surface area contributed by atoms with E-state index < -0.39 is 0 Å². The molecule has 0 amide bonds. The molecule has 0 aliphatic heterocycles. The highest BCUT2D eigenvalue weighted by molar-refractivity contribution is 4.99. The van der Waals surface area contributed by atoms with E-state index in [4.69, 9.17) is 0 Å². The van der Waals surface area contributed by atoms with Crippen LogP contribution in [0.5, 0.6) is 0 Å². The fourth-order valence-electron chi connectivity index (χ4n) is 2.02. The molecule has 0 bridgehead atoms. The lowest BCUT2D eigenvalue weighted by Gasteiger charge is -2.16. The van der Waals surface area contributed by atoms with Gasteiger partial charge in [0.25, 0.3) is 0 Å². The Balaban J connectivity index is 2.51. The van der Waals surface area contributed by atoms with Gasteiger partial charge in [0.15, 0.2) is 0 Å². The van der Waals surface area contributed by atoms with Crippen molar-refractivity contribution in [1.82, 2.24) is 15.1 Å². The fraction of sp³-hybridized carbons (Fsp3) is 0.769. The van der Waals surface area contributed by atoms with E-state index in [1.54, 1.807) is 0 Å². The molecule has 1 heterocycles. The Morgan fingerprint density at radius 1 is 1.44 bits per heavy atom. The van der Waals surface area contributed by atoms with Crippen molar-refractivity contribution in [3.05, 3.63) is 18.0 Å². The minimum absolute atomic E-state index is 0.774. The van der Waals surface area contributed by atoms with Crippen LogP contribution in [0.2, 0.25) is 0 Å². The summed E-state index contributed by atoms with van der Waals surface area (Å²) in [4.78, 5) is 0. The number of aromatic nitrogens is 2. The first-order valence-electron chi connectivity index (χ1n) is 6.47. The van der Waals surface area contributed by atoms with Gasteiger partial charge in [-0.15, -0.1) is 0 Å². The first-order chi connectivity index (χ1) is 7.81. The average molecular weight is 223 g/mol. The van der Waals surface area contributed by atoms with Crippen molar-refractivity contribution in [2.24, 2.45) is 5.92 Å². The summed E-state index contributed by atoms with van der Waals surface area (Å²) in [5.74, 6) is 0.774. The van der Waals surface area contributed by atoms with Gasteiger partial charge in [-0.1, -0.05) is 33.1 Å². The summed E-state index contributed by atoms with van der Waals surface area (Å²) >= 11 is 0. The molecule has 16 heavy (non-hydrogen) atoms. The third-order valence-electron chi connectivity index (χ3n) is 3.14. The van der Waals surface area contributed by atoms with Crippen LogP contribution in [-0.4, -0.2) is 16.8 Å². The van der Waals surface area contributed by atoms with E-state index in [9.17, 15) is 0 Å². The van der Waals surface area contributed by atoms with Gasteiger partial charge in [-0.05, 0) is 25.5 Å². The van der Waals surface area contributed by atoms with Gasteiger partial charge >= 0.3 is 0 Å². The lowest BCUT2D eigenvalue weighted by atomic mass is 9.99. The smallest absolute Gasteiger partial charge is 0.0522 e. The summed E-state index contributed by atoms with van der Waals surface area (Å²) in [6.07, 6.45) is 7.10. The number of nitrogens with zero attached hydrogens (tertiary/aromatic N) is 2. The summed E-state index contributed by atoms with van der Waals surface area (Å²) in [6.45, 7) is 6.51. The Labute approximate surface area is 99.2 Å². The van der Waals surface area contributed by atoms with Crippen LogP contribution in [0, 0.1) is 5.92 Å². The summed E-state index contributed by atoms with van der Waals surface area (Å²) in [5, 5.41) is 7.59. The zero-order valence-electron chi connectivity index (χ0n) is 10.9. The van der Waals surface area contributed by atoms with Crippen molar-refractivity contribution in [3.8, 4) is 0 Å². The highest BCUT2D eigenvalue weighted by atomic mass is 15.3. The molecular weight excluding hydrogens is 198 g/mol. The molecule has 0 radical (unpaired) electrons. The van der Waals surface area contributed by atoms with E-state index in [1.165, 1.54) is 31.4 Å². The molecule has 1 N–H and O–H groups in total. The molecule has 0 saturated carbocycles. The topological polar surface area (TPSA) is 29.9 Å². The van der Waals surface area contributed by atoms with Gasteiger partial charge in [-0.2, -0.15) is 5.10 Å². The Hall–Kier alpha value is -0.830. The van der Waals surface area contributed by atoms with Crippen molar-refractivity contribution < 1.29 is 0 Å². The number of unbranched alkanes of at least 4 members (excludes halogenated alkanes) is 1. The molecule has 0 aromatic carbocycles. The molecule has 1 rings (SSSR count). The molecule has 1 aromatic heterocycles. The van der Waals surface area contributed by atoms with Crippen LogP contribution in [0.3, 0.4) is 0 Å². The lowest BCUT2D eigenvalue weighted by molar-refractivity contribution is 0.365. The molecule has 0 aliphatic carbocycles. The molecule has 92 valence electrons. The van der Waals surface area contributed by atoms with Crippen LogP contribution in [-0.2, 0) is 13.1 Å². The van der Waals surface area contributed by atoms with Crippen LogP contribution in [0.25, 0.3) is 0 Å². The van der Waals surface area contributed by atoms with Crippen LogP contribution < -0.4 is 5.32 Å². The first-order valence-corrected chi connectivity index (χ1v) is 6.47. The maximum Gasteiger partial charge on any atom is 0.0522 e. The van der Waals surface area contributed by atoms with Crippen molar-refractivity contribution in [2.75, 3.05) is 7.05 Å². The van der Waals surface area contributed by atoms with Crippen molar-refractivity contribution in [2.45, 2.75) is 52.6 Å². The quantitative estimate of drug-likeness (QED) is 0.734. The SMILES string of the molecule is CCCCC(CC)Cn1nccc1CNC. The highest BCUT2D eigenvalue weighted by Crippen LogP contribution is 2.15. The third kappa shape index (κ3) is 3.97. The largest absolute Gasteiger partial charge is 0.314 e. The van der Waals surface area contributed by atoms with Crippen molar-refractivity contribution in [3.63, 3.8) is 0 Å². The first kappa shape index (κ1) is 13.2. The predicted molar refractivity (Wildman–Crippen MR) is 68.3 cm³/mol. The summed E-state index contributed by atoms with van der Waals surface area (Å²) < 4.78 is 2.15. The standard InChI is InChI=1S/C13H25N3/c1-4-6-7-12(5-2)11-16-13(10-14-3)8-9-15-16/h8-9,12,14H,4-7,10-11H2,1-3H3. The summed E-state index contributed by atoms with van der Waals surface area (Å²) in [5.41, 5.74) is 1.29. The average Bonchev–Trinajstić information content (AvgIpc) is 2.72. The van der Waals surface area contributed by atoms with E-state index >= 15 is 0 Å². The maximum absolute atomic E-state index is 4.41. The molecule has 1 aromatic rings. The van der Waals surface area contributed by atoms with E-state index in [2.05, 4.69) is 35.0 Å². The van der Waals surface area contributed by atoms with Crippen molar-refractivity contribution in [1.29, 1.82) is 0 Å². The second kappa shape index (κ2) is 7.44. The zero-order chi connectivity index (χ0) is 11.8. The van der Waals surface area contributed by atoms with E-state index in [0.717, 1.165) is 19.0 Å². The monoisotopic (exact) mass is 223 g/mol. The molecule has 0 fully saturated rings. The summed E-state index contributed by atoms with van der Waals surface area (Å²) in [7, 11) is 1.98. The van der Waals surface area contributed by atoms with Crippen LogP contribution in [0.15, 0.2) is 12.3 Å². The normalized spacial score (nSPS) is 12.9. The van der Waals surface area contributed by atoms with Gasteiger partial charge in [0, 0.05) is 19.3 Å². The maximum atomic E-state index is 4.41. The minimum Gasteiger partial charge on any atom is -0.314 e. The molecule has 3 nitrogen and oxygen atoms in total. The molecule has 1 unspecified atom stereocenters. The second-order valence-electron chi connectivity index (χ2n) is 4.45. The van der Waals surface area contributed by atoms with E-state index in [-0.39, 0.29) is 0 Å². The van der Waals surface area contributed by atoms with Gasteiger partial charge in [0.2, 0.25) is 0 Å². The Morgan fingerprint density at radius 2 is 2.25 bits per heavy atom. The predicted octanol–water partition coefficient (Wildman–Crippen LogP) is 2.82. The number of nitrogens with one attached hydrogen (secondary N) is 1. The Kier molecular flexibility index (Phi) is 6.16. The van der Waals surface area contributed by atoms with Crippen LogP contribution >= 0.6 is 0 Å². The van der Waals surface area contributed by atoms with Crippen LogP contribution in [0.1, 0.15) is 45.2 Å². The Bertz CT molecular complexity index is 280. The number of hydrogen-bond donors (Lipinski definition) is 1. The van der Waals surface area contributed by atoms with Gasteiger partial charge in [0.1, 0.15) is 0 Å². The highest BCUT2D eigenvalue weighted by Gasteiger charge is 2.09. The van der Waals surface area contributed by atoms with Gasteiger partial charge in [-0.3, -0.25) is 4.68 Å². The minimum atomic E-state index is 0.774. The van der Waals surface area contributed by atoms with Gasteiger partial charge in [-0.25, -0.2) is 0 Å². The molecule has 0 saturated heterocycles.